The standard InChI is InChI=1S/C8H7NO/c1-2-7-10-8(4-1)5-3-6-9-8/h1-7H. The lowest BCUT2D eigenvalue weighted by atomic mass is 10.2. The largest absolute Gasteiger partial charge is 0.467 e. The zero-order valence-corrected chi connectivity index (χ0v) is 5.40. The van der Waals surface area contributed by atoms with Crippen LogP contribution in [0.3, 0.4) is 0 Å². The molecule has 1 spiro atoms. The van der Waals surface area contributed by atoms with Gasteiger partial charge in [-0.05, 0) is 24.3 Å². The molecule has 0 aliphatic carbocycles. The van der Waals surface area contributed by atoms with Gasteiger partial charge in [0, 0.05) is 6.21 Å². The number of hydrogen-bond acceptors (Lipinski definition) is 2. The predicted octanol–water partition coefficient (Wildman–Crippen LogP) is 1.42. The summed E-state index contributed by atoms with van der Waals surface area (Å²) < 4.78 is 5.27. The normalized spacial score (nSPS) is 33.6. The van der Waals surface area contributed by atoms with Gasteiger partial charge in [-0.1, -0.05) is 6.08 Å². The molecule has 1 atom stereocenters. The molecular formula is C8H7NO. The second kappa shape index (κ2) is 1.84. The van der Waals surface area contributed by atoms with E-state index >= 15 is 0 Å². The number of allylic oxidation sites excluding steroid dienone is 3. The average Bonchev–Trinajstić information content (AvgIpc) is 2.39. The third-order valence-electron chi connectivity index (χ3n) is 1.48. The van der Waals surface area contributed by atoms with Crippen LogP contribution >= 0.6 is 0 Å². The van der Waals surface area contributed by atoms with Crippen molar-refractivity contribution in [2.24, 2.45) is 4.99 Å². The van der Waals surface area contributed by atoms with E-state index in [1.54, 1.807) is 12.5 Å². The minimum atomic E-state index is -0.505. The summed E-state index contributed by atoms with van der Waals surface area (Å²) in [5.41, 5.74) is -0.505. The Morgan fingerprint density at radius 3 is 2.60 bits per heavy atom. The van der Waals surface area contributed by atoms with Crippen LogP contribution in [0.2, 0.25) is 0 Å². The fourth-order valence-electron chi connectivity index (χ4n) is 0.978. The van der Waals surface area contributed by atoms with E-state index in [2.05, 4.69) is 4.99 Å². The van der Waals surface area contributed by atoms with Crippen molar-refractivity contribution in [2.45, 2.75) is 5.72 Å². The predicted molar refractivity (Wildman–Crippen MR) is 39.7 cm³/mol. The van der Waals surface area contributed by atoms with E-state index < -0.39 is 5.72 Å². The second-order valence-corrected chi connectivity index (χ2v) is 2.19. The van der Waals surface area contributed by atoms with Crippen LogP contribution in [0.1, 0.15) is 0 Å². The highest BCUT2D eigenvalue weighted by atomic mass is 16.5. The van der Waals surface area contributed by atoms with Crippen LogP contribution in [0.15, 0.2) is 41.6 Å². The van der Waals surface area contributed by atoms with Crippen molar-refractivity contribution in [2.75, 3.05) is 0 Å². The van der Waals surface area contributed by atoms with Gasteiger partial charge in [-0.15, -0.1) is 0 Å². The summed E-state index contributed by atoms with van der Waals surface area (Å²) in [5, 5.41) is 0. The molecule has 50 valence electrons. The van der Waals surface area contributed by atoms with Gasteiger partial charge in [-0.3, -0.25) is 0 Å². The highest BCUT2D eigenvalue weighted by Crippen LogP contribution is 2.23. The molecule has 0 aromatic heterocycles. The molecule has 0 aromatic rings. The maximum atomic E-state index is 5.27. The third-order valence-corrected chi connectivity index (χ3v) is 1.48. The quantitative estimate of drug-likeness (QED) is 0.489. The van der Waals surface area contributed by atoms with Crippen LogP contribution in [-0.2, 0) is 4.74 Å². The minimum Gasteiger partial charge on any atom is -0.467 e. The van der Waals surface area contributed by atoms with Crippen molar-refractivity contribution in [1.82, 2.24) is 0 Å². The van der Waals surface area contributed by atoms with Crippen LogP contribution in [0.25, 0.3) is 0 Å². The van der Waals surface area contributed by atoms with Crippen molar-refractivity contribution in [3.8, 4) is 0 Å². The molecule has 0 aromatic carbocycles. The maximum Gasteiger partial charge on any atom is 0.238 e. The zero-order valence-electron chi connectivity index (χ0n) is 5.40. The SMILES string of the molecule is C1=COC2(C=C1)C=CC=N2. The number of rotatable bonds is 0. The van der Waals surface area contributed by atoms with Gasteiger partial charge in [0.1, 0.15) is 0 Å². The summed E-state index contributed by atoms with van der Waals surface area (Å²) in [5.74, 6) is 0. The molecule has 2 nitrogen and oxygen atoms in total. The van der Waals surface area contributed by atoms with Gasteiger partial charge < -0.3 is 4.74 Å². The van der Waals surface area contributed by atoms with E-state index in [9.17, 15) is 0 Å². The van der Waals surface area contributed by atoms with Crippen molar-refractivity contribution in [3.05, 3.63) is 36.6 Å². The fourth-order valence-corrected chi connectivity index (χ4v) is 0.978. The van der Waals surface area contributed by atoms with E-state index in [0.29, 0.717) is 0 Å². The number of hydrogen-bond donors (Lipinski definition) is 0. The molecule has 10 heavy (non-hydrogen) atoms. The lowest BCUT2D eigenvalue weighted by Crippen LogP contribution is -2.21. The lowest BCUT2D eigenvalue weighted by molar-refractivity contribution is 0.123. The summed E-state index contributed by atoms with van der Waals surface area (Å²) in [7, 11) is 0. The smallest absolute Gasteiger partial charge is 0.238 e. The van der Waals surface area contributed by atoms with E-state index in [-0.39, 0.29) is 0 Å². The lowest BCUT2D eigenvalue weighted by Gasteiger charge is -2.20. The molecule has 2 rings (SSSR count). The van der Waals surface area contributed by atoms with Gasteiger partial charge in [0.05, 0.1) is 6.26 Å². The van der Waals surface area contributed by atoms with Crippen LogP contribution < -0.4 is 0 Å². The Bertz CT molecular complexity index is 236. The molecule has 0 saturated heterocycles. The van der Waals surface area contributed by atoms with Crippen LogP contribution in [0, 0.1) is 0 Å². The molecule has 0 saturated carbocycles. The molecule has 0 bridgehead atoms. The van der Waals surface area contributed by atoms with E-state index in [0.717, 1.165) is 0 Å². The summed E-state index contributed by atoms with van der Waals surface area (Å²) >= 11 is 0. The Kier molecular flexibility index (Phi) is 1.01. The number of nitrogens with zero attached hydrogens (tertiary/aromatic N) is 1. The zero-order chi connectivity index (χ0) is 6.86. The molecule has 1 unspecified atom stereocenters. The fraction of sp³-hybridized carbons (Fsp3) is 0.125. The Morgan fingerprint density at radius 2 is 2.00 bits per heavy atom. The molecule has 2 aliphatic heterocycles. The van der Waals surface area contributed by atoms with E-state index in [1.165, 1.54) is 0 Å². The van der Waals surface area contributed by atoms with Crippen LogP contribution in [0.5, 0.6) is 0 Å². The highest BCUT2D eigenvalue weighted by Gasteiger charge is 2.25. The van der Waals surface area contributed by atoms with Gasteiger partial charge in [0.2, 0.25) is 5.72 Å². The summed E-state index contributed by atoms with van der Waals surface area (Å²) in [6, 6.07) is 0. The van der Waals surface area contributed by atoms with Crippen molar-refractivity contribution in [3.63, 3.8) is 0 Å². The van der Waals surface area contributed by atoms with Crippen LogP contribution in [-0.4, -0.2) is 11.9 Å². The van der Waals surface area contributed by atoms with Crippen molar-refractivity contribution >= 4 is 6.21 Å². The first-order chi connectivity index (χ1) is 4.91. The van der Waals surface area contributed by atoms with Crippen molar-refractivity contribution in [1.29, 1.82) is 0 Å². The topological polar surface area (TPSA) is 21.6 Å². The highest BCUT2D eigenvalue weighted by molar-refractivity contribution is 5.75. The first-order valence-electron chi connectivity index (χ1n) is 3.17. The first kappa shape index (κ1) is 5.47. The number of ether oxygens (including phenoxy) is 1. The monoisotopic (exact) mass is 133 g/mol. The molecule has 2 heteroatoms. The maximum absolute atomic E-state index is 5.27. The molecule has 0 amide bonds. The Labute approximate surface area is 59.2 Å². The van der Waals surface area contributed by atoms with E-state index in [1.807, 2.05) is 30.4 Å². The molecule has 2 heterocycles. The van der Waals surface area contributed by atoms with Gasteiger partial charge >= 0.3 is 0 Å². The minimum absolute atomic E-state index is 0.505. The third kappa shape index (κ3) is 0.692. The molecule has 2 aliphatic rings. The summed E-state index contributed by atoms with van der Waals surface area (Å²) in [6.07, 6.45) is 12.9. The Balaban J connectivity index is 2.32. The summed E-state index contributed by atoms with van der Waals surface area (Å²) in [4.78, 5) is 4.13. The summed E-state index contributed by atoms with van der Waals surface area (Å²) in [6.45, 7) is 0. The molecule has 0 N–H and O–H groups in total. The first-order valence-corrected chi connectivity index (χ1v) is 3.17. The van der Waals surface area contributed by atoms with Gasteiger partial charge in [-0.2, -0.15) is 0 Å². The van der Waals surface area contributed by atoms with Gasteiger partial charge in [0.15, 0.2) is 0 Å². The van der Waals surface area contributed by atoms with Crippen molar-refractivity contribution < 1.29 is 4.74 Å². The second-order valence-electron chi connectivity index (χ2n) is 2.19. The van der Waals surface area contributed by atoms with Gasteiger partial charge in [0.25, 0.3) is 0 Å². The van der Waals surface area contributed by atoms with Crippen LogP contribution in [0.4, 0.5) is 0 Å². The Hall–Kier alpha value is -1.31. The van der Waals surface area contributed by atoms with E-state index in [4.69, 9.17) is 4.74 Å². The Morgan fingerprint density at radius 1 is 1.10 bits per heavy atom. The molecular weight excluding hydrogens is 126 g/mol. The molecule has 0 radical (unpaired) electrons. The van der Waals surface area contributed by atoms with Gasteiger partial charge in [-0.25, -0.2) is 4.99 Å². The molecule has 0 fully saturated rings. The number of aliphatic imine (C=N–C) groups is 1. The average molecular weight is 133 g/mol.